The highest BCUT2D eigenvalue weighted by atomic mass is 35.5. The van der Waals surface area contributed by atoms with E-state index >= 15 is 0 Å². The molecule has 16 heavy (non-hydrogen) atoms. The lowest BCUT2D eigenvalue weighted by Gasteiger charge is -2.10. The molecule has 0 unspecified atom stereocenters. The molecule has 0 fully saturated rings. The Bertz CT molecular complexity index is 311. The minimum atomic E-state index is 0.596. The largest absolute Gasteiger partial charge is 0.369 e. The molecule has 1 rings (SSSR count). The summed E-state index contributed by atoms with van der Waals surface area (Å²) in [6.45, 7) is 5.14. The van der Waals surface area contributed by atoms with Gasteiger partial charge in [-0.25, -0.2) is 4.98 Å². The molecule has 1 heterocycles. The van der Waals surface area contributed by atoms with Crippen LogP contribution in [0.15, 0.2) is 6.07 Å². The standard InChI is InChI=1S/C12H18Cl2N2/c1-3-5-6-11-9(13)8-10(14)12(16-11)15-7-4-2/h8H,3-7H2,1-2H3,(H,15,16). The third kappa shape index (κ3) is 3.84. The van der Waals surface area contributed by atoms with Crippen LogP contribution in [0.5, 0.6) is 0 Å². The van der Waals surface area contributed by atoms with Gasteiger partial charge in [-0.1, -0.05) is 43.5 Å². The lowest BCUT2D eigenvalue weighted by atomic mass is 10.2. The van der Waals surface area contributed by atoms with Gasteiger partial charge in [0.05, 0.1) is 15.7 Å². The van der Waals surface area contributed by atoms with Gasteiger partial charge in [-0.2, -0.15) is 0 Å². The number of anilines is 1. The molecule has 90 valence electrons. The van der Waals surface area contributed by atoms with E-state index in [1.54, 1.807) is 6.07 Å². The molecule has 0 bridgehead atoms. The average Bonchev–Trinajstić information content (AvgIpc) is 2.26. The second kappa shape index (κ2) is 6.97. The first-order valence-electron chi connectivity index (χ1n) is 5.77. The van der Waals surface area contributed by atoms with Crippen LogP contribution in [0.3, 0.4) is 0 Å². The van der Waals surface area contributed by atoms with Crippen LogP contribution in [0.2, 0.25) is 10.0 Å². The van der Waals surface area contributed by atoms with E-state index in [1.165, 1.54) is 0 Å². The predicted molar refractivity (Wildman–Crippen MR) is 71.6 cm³/mol. The van der Waals surface area contributed by atoms with Crippen LogP contribution in [-0.2, 0) is 6.42 Å². The molecule has 1 aromatic rings. The molecule has 0 saturated heterocycles. The maximum atomic E-state index is 6.10. The SMILES string of the molecule is CCCCc1nc(NCCC)c(Cl)cc1Cl. The Balaban J connectivity index is 2.83. The van der Waals surface area contributed by atoms with E-state index in [2.05, 4.69) is 24.1 Å². The van der Waals surface area contributed by atoms with Crippen LogP contribution in [0.4, 0.5) is 5.82 Å². The molecule has 1 N–H and O–H groups in total. The molecule has 0 aliphatic heterocycles. The van der Waals surface area contributed by atoms with Crippen molar-refractivity contribution < 1.29 is 0 Å². The molecule has 2 nitrogen and oxygen atoms in total. The van der Waals surface area contributed by atoms with Gasteiger partial charge in [0.2, 0.25) is 0 Å². The van der Waals surface area contributed by atoms with E-state index in [0.29, 0.717) is 10.0 Å². The van der Waals surface area contributed by atoms with Gasteiger partial charge in [0.15, 0.2) is 0 Å². The highest BCUT2D eigenvalue weighted by Gasteiger charge is 2.08. The summed E-state index contributed by atoms with van der Waals surface area (Å²) in [5, 5.41) is 4.47. The third-order valence-electron chi connectivity index (χ3n) is 2.31. The number of hydrogen-bond acceptors (Lipinski definition) is 2. The quantitative estimate of drug-likeness (QED) is 0.812. The molecular weight excluding hydrogens is 243 g/mol. The van der Waals surface area contributed by atoms with Crippen LogP contribution in [0.25, 0.3) is 0 Å². The summed E-state index contributed by atoms with van der Waals surface area (Å²) in [5.41, 5.74) is 0.937. The van der Waals surface area contributed by atoms with Crippen LogP contribution >= 0.6 is 23.2 Å². The van der Waals surface area contributed by atoms with Crippen LogP contribution < -0.4 is 5.32 Å². The van der Waals surface area contributed by atoms with Crippen LogP contribution in [0, 0.1) is 0 Å². The number of aromatic nitrogens is 1. The lowest BCUT2D eigenvalue weighted by Crippen LogP contribution is -2.04. The normalized spacial score (nSPS) is 10.5. The molecule has 0 spiro atoms. The van der Waals surface area contributed by atoms with Gasteiger partial charge in [0.1, 0.15) is 5.82 Å². The summed E-state index contributed by atoms with van der Waals surface area (Å²) in [5.74, 6) is 0.749. The number of halogens is 2. The van der Waals surface area contributed by atoms with E-state index in [9.17, 15) is 0 Å². The van der Waals surface area contributed by atoms with Crippen LogP contribution in [-0.4, -0.2) is 11.5 Å². The number of pyridine rings is 1. The van der Waals surface area contributed by atoms with Crippen LogP contribution in [0.1, 0.15) is 38.8 Å². The van der Waals surface area contributed by atoms with E-state index in [-0.39, 0.29) is 0 Å². The summed E-state index contributed by atoms with van der Waals surface area (Å²) >= 11 is 12.2. The fraction of sp³-hybridized carbons (Fsp3) is 0.583. The number of nitrogens with one attached hydrogen (secondary N) is 1. The Labute approximate surface area is 107 Å². The van der Waals surface area contributed by atoms with E-state index in [0.717, 1.165) is 43.7 Å². The van der Waals surface area contributed by atoms with Crippen molar-refractivity contribution in [2.24, 2.45) is 0 Å². The van der Waals surface area contributed by atoms with E-state index in [4.69, 9.17) is 23.2 Å². The Kier molecular flexibility index (Phi) is 5.93. The molecule has 0 saturated carbocycles. The maximum Gasteiger partial charge on any atom is 0.145 e. The maximum absolute atomic E-state index is 6.10. The fourth-order valence-corrected chi connectivity index (χ4v) is 1.91. The number of rotatable bonds is 6. The van der Waals surface area contributed by atoms with Crippen molar-refractivity contribution in [3.05, 3.63) is 21.8 Å². The number of nitrogens with zero attached hydrogens (tertiary/aromatic N) is 1. The molecule has 0 aliphatic carbocycles. The highest BCUT2D eigenvalue weighted by molar-refractivity contribution is 6.36. The number of hydrogen-bond donors (Lipinski definition) is 1. The van der Waals surface area contributed by atoms with Crippen molar-refractivity contribution in [2.75, 3.05) is 11.9 Å². The topological polar surface area (TPSA) is 24.9 Å². The van der Waals surface area contributed by atoms with Crippen molar-refractivity contribution in [3.8, 4) is 0 Å². The Morgan fingerprint density at radius 2 is 1.94 bits per heavy atom. The molecule has 0 aromatic carbocycles. The molecule has 0 aliphatic rings. The Hall–Kier alpha value is -0.470. The fourth-order valence-electron chi connectivity index (χ4n) is 1.39. The minimum Gasteiger partial charge on any atom is -0.369 e. The monoisotopic (exact) mass is 260 g/mol. The number of aryl methyl sites for hydroxylation is 1. The molecule has 4 heteroatoms. The third-order valence-corrected chi connectivity index (χ3v) is 2.93. The van der Waals surface area contributed by atoms with Gasteiger partial charge in [0, 0.05) is 6.54 Å². The zero-order chi connectivity index (χ0) is 12.0. The minimum absolute atomic E-state index is 0.596. The Morgan fingerprint density at radius 3 is 2.56 bits per heavy atom. The summed E-state index contributed by atoms with van der Waals surface area (Å²) in [4.78, 5) is 4.47. The average molecular weight is 261 g/mol. The van der Waals surface area contributed by atoms with Gasteiger partial charge in [-0.15, -0.1) is 0 Å². The van der Waals surface area contributed by atoms with Crippen molar-refractivity contribution in [1.82, 2.24) is 4.98 Å². The second-order valence-electron chi connectivity index (χ2n) is 3.78. The first-order chi connectivity index (χ1) is 7.69. The highest BCUT2D eigenvalue weighted by Crippen LogP contribution is 2.26. The molecule has 1 aromatic heterocycles. The van der Waals surface area contributed by atoms with Crippen molar-refractivity contribution >= 4 is 29.0 Å². The zero-order valence-electron chi connectivity index (χ0n) is 9.82. The predicted octanol–water partition coefficient (Wildman–Crippen LogP) is 4.55. The summed E-state index contributed by atoms with van der Waals surface area (Å²) < 4.78 is 0. The lowest BCUT2D eigenvalue weighted by molar-refractivity contribution is 0.777. The van der Waals surface area contributed by atoms with Crippen molar-refractivity contribution in [1.29, 1.82) is 0 Å². The van der Waals surface area contributed by atoms with E-state index in [1.807, 2.05) is 0 Å². The summed E-state index contributed by atoms with van der Waals surface area (Å²) in [6.07, 6.45) is 4.19. The molecule has 0 atom stereocenters. The van der Waals surface area contributed by atoms with Gasteiger partial charge in [0.25, 0.3) is 0 Å². The second-order valence-corrected chi connectivity index (χ2v) is 4.59. The smallest absolute Gasteiger partial charge is 0.145 e. The van der Waals surface area contributed by atoms with Gasteiger partial charge < -0.3 is 5.32 Å². The van der Waals surface area contributed by atoms with Gasteiger partial charge >= 0.3 is 0 Å². The first kappa shape index (κ1) is 13.6. The van der Waals surface area contributed by atoms with Gasteiger partial charge in [-0.3, -0.25) is 0 Å². The summed E-state index contributed by atoms with van der Waals surface area (Å²) in [6, 6.07) is 1.78. The molecule has 0 radical (unpaired) electrons. The van der Waals surface area contributed by atoms with E-state index < -0.39 is 0 Å². The Morgan fingerprint density at radius 1 is 1.19 bits per heavy atom. The van der Waals surface area contributed by atoms with Gasteiger partial charge in [-0.05, 0) is 25.3 Å². The number of unbranched alkanes of at least 4 members (excludes halogenated alkanes) is 1. The molecular formula is C12H18Cl2N2. The summed E-state index contributed by atoms with van der Waals surface area (Å²) in [7, 11) is 0. The van der Waals surface area contributed by atoms with Crippen molar-refractivity contribution in [3.63, 3.8) is 0 Å². The van der Waals surface area contributed by atoms with Crippen molar-refractivity contribution in [2.45, 2.75) is 39.5 Å². The zero-order valence-corrected chi connectivity index (χ0v) is 11.3. The first-order valence-corrected chi connectivity index (χ1v) is 6.53. The molecule has 0 amide bonds.